The van der Waals surface area contributed by atoms with Gasteiger partial charge in [0.05, 0.1) is 11.0 Å². The molecule has 6 heteroatoms. The van der Waals surface area contributed by atoms with Crippen LogP contribution in [0.2, 0.25) is 0 Å². The van der Waals surface area contributed by atoms with Crippen LogP contribution in [0.3, 0.4) is 0 Å². The third-order valence-corrected chi connectivity index (χ3v) is 3.17. The molecular formula is C10H16N2O3S. The molecule has 0 saturated heterocycles. The van der Waals surface area contributed by atoms with Gasteiger partial charge in [0, 0.05) is 24.0 Å². The van der Waals surface area contributed by atoms with Crippen LogP contribution in [0, 0.1) is 10.1 Å². The number of aliphatic hydroxyl groups excluding tert-OH is 1. The van der Waals surface area contributed by atoms with Gasteiger partial charge >= 0.3 is 5.00 Å². The van der Waals surface area contributed by atoms with Crippen molar-refractivity contribution in [3.8, 4) is 0 Å². The Morgan fingerprint density at radius 3 is 2.94 bits per heavy atom. The molecule has 1 rings (SSSR count). The van der Waals surface area contributed by atoms with Crippen molar-refractivity contribution < 1.29 is 10.0 Å². The predicted octanol–water partition coefficient (Wildman–Crippen LogP) is 1.91. The third kappa shape index (κ3) is 4.26. The van der Waals surface area contributed by atoms with Crippen molar-refractivity contribution in [2.24, 2.45) is 0 Å². The topological polar surface area (TPSA) is 75.4 Å². The average molecular weight is 244 g/mol. The molecule has 0 spiro atoms. The smallest absolute Gasteiger partial charge is 0.324 e. The molecule has 0 bridgehead atoms. The standard InChI is InChI=1S/C10H16N2O3S/c1-2-3-8(13)6-11-7-9-4-5-10(16-9)12(14)15/h4-5,8,11,13H,2-3,6-7H2,1H3. The van der Waals surface area contributed by atoms with E-state index in [9.17, 15) is 15.2 Å². The monoisotopic (exact) mass is 244 g/mol. The van der Waals surface area contributed by atoms with Gasteiger partial charge in [0.1, 0.15) is 0 Å². The first kappa shape index (κ1) is 13.1. The van der Waals surface area contributed by atoms with Crippen LogP contribution in [-0.4, -0.2) is 22.7 Å². The van der Waals surface area contributed by atoms with Gasteiger partial charge < -0.3 is 10.4 Å². The van der Waals surface area contributed by atoms with Crippen LogP contribution in [0.4, 0.5) is 5.00 Å². The lowest BCUT2D eigenvalue weighted by atomic mass is 10.2. The van der Waals surface area contributed by atoms with Crippen LogP contribution in [0.15, 0.2) is 12.1 Å². The maximum Gasteiger partial charge on any atom is 0.324 e. The molecule has 0 aliphatic carbocycles. The lowest BCUT2D eigenvalue weighted by Gasteiger charge is -2.09. The highest BCUT2D eigenvalue weighted by Crippen LogP contribution is 2.23. The fraction of sp³-hybridized carbons (Fsp3) is 0.600. The molecule has 0 amide bonds. The zero-order valence-electron chi connectivity index (χ0n) is 9.18. The number of nitro groups is 1. The number of hydrogen-bond donors (Lipinski definition) is 2. The van der Waals surface area contributed by atoms with E-state index < -0.39 is 0 Å². The van der Waals surface area contributed by atoms with Gasteiger partial charge in [-0.3, -0.25) is 10.1 Å². The van der Waals surface area contributed by atoms with Gasteiger partial charge in [0.25, 0.3) is 0 Å². The van der Waals surface area contributed by atoms with Gasteiger partial charge in [-0.05, 0) is 12.5 Å². The minimum absolute atomic E-state index is 0.158. The second-order valence-corrected chi connectivity index (χ2v) is 4.72. The molecular weight excluding hydrogens is 228 g/mol. The first-order valence-corrected chi connectivity index (χ1v) is 6.07. The van der Waals surface area contributed by atoms with Crippen molar-refractivity contribution >= 4 is 16.3 Å². The highest BCUT2D eigenvalue weighted by atomic mass is 32.1. The summed E-state index contributed by atoms with van der Waals surface area (Å²) in [6.07, 6.45) is 1.39. The summed E-state index contributed by atoms with van der Waals surface area (Å²) < 4.78 is 0. The zero-order chi connectivity index (χ0) is 12.0. The summed E-state index contributed by atoms with van der Waals surface area (Å²) in [5.41, 5.74) is 0. The SMILES string of the molecule is CCCC(O)CNCc1ccc([N+](=O)[O-])s1. The molecule has 16 heavy (non-hydrogen) atoms. The molecule has 90 valence electrons. The van der Waals surface area contributed by atoms with E-state index in [1.165, 1.54) is 6.07 Å². The Morgan fingerprint density at radius 1 is 1.62 bits per heavy atom. The molecule has 0 aliphatic heterocycles. The van der Waals surface area contributed by atoms with Gasteiger partial charge in [-0.25, -0.2) is 0 Å². The van der Waals surface area contributed by atoms with Crippen LogP contribution >= 0.6 is 11.3 Å². The molecule has 5 nitrogen and oxygen atoms in total. The Hall–Kier alpha value is -0.980. The second kappa shape index (κ2) is 6.57. The van der Waals surface area contributed by atoms with Gasteiger partial charge in [-0.2, -0.15) is 0 Å². The van der Waals surface area contributed by atoms with Crippen molar-refractivity contribution in [3.63, 3.8) is 0 Å². The van der Waals surface area contributed by atoms with Crippen molar-refractivity contribution in [2.75, 3.05) is 6.54 Å². The first-order valence-electron chi connectivity index (χ1n) is 5.25. The Morgan fingerprint density at radius 2 is 2.38 bits per heavy atom. The molecule has 1 heterocycles. The van der Waals surface area contributed by atoms with Gasteiger partial charge in [-0.15, -0.1) is 0 Å². The maximum atomic E-state index is 10.4. The van der Waals surface area contributed by atoms with Gasteiger partial charge in [0.2, 0.25) is 0 Å². The summed E-state index contributed by atoms with van der Waals surface area (Å²) in [5.74, 6) is 0. The first-order chi connectivity index (χ1) is 7.63. The molecule has 1 atom stereocenters. The quantitative estimate of drug-likeness (QED) is 0.567. The molecule has 1 aromatic heterocycles. The second-order valence-electron chi connectivity index (χ2n) is 3.57. The predicted molar refractivity (Wildman–Crippen MR) is 63.6 cm³/mol. The van der Waals surface area contributed by atoms with E-state index in [1.807, 2.05) is 6.92 Å². The number of thiophene rings is 1. The molecule has 2 N–H and O–H groups in total. The summed E-state index contributed by atoms with van der Waals surface area (Å²) in [5, 5.41) is 23.1. The maximum absolute atomic E-state index is 10.4. The van der Waals surface area contributed by atoms with Crippen molar-refractivity contribution in [1.29, 1.82) is 0 Å². The minimum atomic E-state index is -0.389. The normalized spacial score (nSPS) is 12.6. The molecule has 0 radical (unpaired) electrons. The highest BCUT2D eigenvalue weighted by Gasteiger charge is 2.09. The number of rotatable bonds is 7. The van der Waals surface area contributed by atoms with E-state index in [1.54, 1.807) is 6.07 Å². The van der Waals surface area contributed by atoms with Crippen LogP contribution in [0.25, 0.3) is 0 Å². The van der Waals surface area contributed by atoms with E-state index in [0.717, 1.165) is 29.1 Å². The third-order valence-electron chi connectivity index (χ3n) is 2.13. The van der Waals surface area contributed by atoms with Crippen LogP contribution in [0.5, 0.6) is 0 Å². The van der Waals surface area contributed by atoms with Gasteiger partial charge in [-0.1, -0.05) is 24.7 Å². The highest BCUT2D eigenvalue weighted by molar-refractivity contribution is 7.15. The van der Waals surface area contributed by atoms with Crippen LogP contribution in [0.1, 0.15) is 24.6 Å². The van der Waals surface area contributed by atoms with E-state index in [0.29, 0.717) is 13.1 Å². The molecule has 1 aromatic rings. The zero-order valence-corrected chi connectivity index (χ0v) is 10.00. The van der Waals surface area contributed by atoms with E-state index in [4.69, 9.17) is 0 Å². The Balaban J connectivity index is 2.29. The summed E-state index contributed by atoms with van der Waals surface area (Å²) in [7, 11) is 0. The molecule has 0 saturated carbocycles. The number of nitrogens with zero attached hydrogens (tertiary/aromatic N) is 1. The van der Waals surface area contributed by atoms with Crippen molar-refractivity contribution in [1.82, 2.24) is 5.32 Å². The lowest BCUT2D eigenvalue weighted by molar-refractivity contribution is -0.380. The fourth-order valence-corrected chi connectivity index (χ4v) is 2.15. The molecule has 0 aromatic carbocycles. The lowest BCUT2D eigenvalue weighted by Crippen LogP contribution is -2.25. The summed E-state index contributed by atoms with van der Waals surface area (Å²) in [6.45, 7) is 3.12. The minimum Gasteiger partial charge on any atom is -0.392 e. The number of aliphatic hydroxyl groups is 1. The molecule has 0 fully saturated rings. The van der Waals surface area contributed by atoms with Crippen molar-refractivity contribution in [2.45, 2.75) is 32.4 Å². The largest absolute Gasteiger partial charge is 0.392 e. The van der Waals surface area contributed by atoms with E-state index in [2.05, 4.69) is 5.32 Å². The molecule has 0 aliphatic rings. The molecule has 1 unspecified atom stereocenters. The van der Waals surface area contributed by atoms with Gasteiger partial charge in [0.15, 0.2) is 0 Å². The van der Waals surface area contributed by atoms with E-state index in [-0.39, 0.29) is 16.0 Å². The van der Waals surface area contributed by atoms with Crippen LogP contribution in [-0.2, 0) is 6.54 Å². The average Bonchev–Trinajstić information content (AvgIpc) is 2.67. The fourth-order valence-electron chi connectivity index (χ4n) is 1.36. The Kier molecular flexibility index (Phi) is 5.37. The van der Waals surface area contributed by atoms with Crippen LogP contribution < -0.4 is 5.32 Å². The number of nitrogens with one attached hydrogen (secondary N) is 1. The summed E-state index contributed by atoms with van der Waals surface area (Å²) in [4.78, 5) is 11.0. The van der Waals surface area contributed by atoms with Crippen molar-refractivity contribution in [3.05, 3.63) is 27.1 Å². The number of hydrogen-bond acceptors (Lipinski definition) is 5. The Bertz CT molecular complexity index is 341. The van der Waals surface area contributed by atoms with E-state index >= 15 is 0 Å². The Labute approximate surface area is 98.3 Å². The summed E-state index contributed by atoms with van der Waals surface area (Å²) in [6, 6.07) is 3.24. The summed E-state index contributed by atoms with van der Waals surface area (Å²) >= 11 is 1.16.